The van der Waals surface area contributed by atoms with Gasteiger partial charge in [-0.05, 0) is 62.3 Å². The van der Waals surface area contributed by atoms with Crippen LogP contribution in [0.25, 0.3) is 20.2 Å². The van der Waals surface area contributed by atoms with Gasteiger partial charge in [0.25, 0.3) is 0 Å². The van der Waals surface area contributed by atoms with Crippen LogP contribution < -0.4 is 0 Å². The van der Waals surface area contributed by atoms with Gasteiger partial charge in [-0.15, -0.1) is 22.7 Å². The fourth-order valence-corrected chi connectivity index (χ4v) is 6.14. The van der Waals surface area contributed by atoms with Gasteiger partial charge in [-0.1, -0.05) is 20.8 Å². The number of hydrogen-bond acceptors (Lipinski definition) is 2. The summed E-state index contributed by atoms with van der Waals surface area (Å²) in [4.78, 5) is 2.93. The van der Waals surface area contributed by atoms with Crippen LogP contribution in [0.5, 0.6) is 0 Å². The first-order valence-corrected chi connectivity index (χ1v) is 9.20. The fourth-order valence-electron chi connectivity index (χ4n) is 3.48. The molecule has 0 N–H and O–H groups in total. The fraction of sp³-hybridized carbons (Fsp3) is 0.474. The minimum atomic E-state index is 0.187. The second kappa shape index (κ2) is 4.57. The Kier molecular flexibility index (Phi) is 3.27. The van der Waals surface area contributed by atoms with Crippen LogP contribution in [-0.2, 0) is 5.41 Å². The minimum absolute atomic E-state index is 0.187. The molecular weight excluding hydrogens is 292 g/mol. The van der Waals surface area contributed by atoms with Gasteiger partial charge in [-0.25, -0.2) is 0 Å². The van der Waals surface area contributed by atoms with Gasteiger partial charge in [0, 0.05) is 29.9 Å². The molecule has 2 heteroatoms. The highest BCUT2D eigenvalue weighted by Gasteiger charge is 2.26. The second-order valence-electron chi connectivity index (χ2n) is 7.22. The maximum Gasteiger partial charge on any atom is 0.0395 e. The van der Waals surface area contributed by atoms with Gasteiger partial charge in [-0.2, -0.15) is 0 Å². The van der Waals surface area contributed by atoms with E-state index < -0.39 is 0 Å². The second-order valence-corrected chi connectivity index (χ2v) is 9.67. The van der Waals surface area contributed by atoms with Crippen molar-refractivity contribution in [1.82, 2.24) is 0 Å². The molecule has 0 spiro atoms. The molecule has 3 rings (SSSR count). The largest absolute Gasteiger partial charge is 0.140 e. The molecule has 0 fully saturated rings. The zero-order valence-corrected chi connectivity index (χ0v) is 15.9. The average Bonchev–Trinajstić information content (AvgIpc) is 2.79. The molecule has 1 aromatic carbocycles. The molecule has 0 aliphatic heterocycles. The van der Waals surface area contributed by atoms with Crippen molar-refractivity contribution in [3.05, 3.63) is 32.0 Å². The molecular formula is C19H24S2. The van der Waals surface area contributed by atoms with E-state index in [0.29, 0.717) is 0 Å². The summed E-state index contributed by atoms with van der Waals surface area (Å²) >= 11 is 3.96. The van der Waals surface area contributed by atoms with Crippen molar-refractivity contribution in [1.29, 1.82) is 0 Å². The minimum Gasteiger partial charge on any atom is -0.140 e. The topological polar surface area (TPSA) is 0 Å². The van der Waals surface area contributed by atoms with Crippen LogP contribution in [0.1, 0.15) is 52.8 Å². The zero-order valence-electron chi connectivity index (χ0n) is 14.3. The van der Waals surface area contributed by atoms with Crippen molar-refractivity contribution in [3.63, 3.8) is 0 Å². The van der Waals surface area contributed by atoms with Gasteiger partial charge in [0.15, 0.2) is 0 Å². The lowest BCUT2D eigenvalue weighted by atomic mass is 9.82. The standard InChI is InChI=1S/C19H24S2/c1-9-12(4)20-17-11(3)16(19(6,7)8)18-15(14(9)17)10(2)13(5)21-18/h1-8H3. The molecule has 0 bridgehead atoms. The number of benzene rings is 1. The van der Waals surface area contributed by atoms with E-state index in [-0.39, 0.29) is 5.41 Å². The Hall–Kier alpha value is -0.860. The first-order chi connectivity index (χ1) is 9.64. The van der Waals surface area contributed by atoms with Crippen molar-refractivity contribution in [2.24, 2.45) is 0 Å². The van der Waals surface area contributed by atoms with Crippen LogP contribution in [0.15, 0.2) is 0 Å². The van der Waals surface area contributed by atoms with E-state index in [1.54, 1.807) is 5.56 Å². The van der Waals surface area contributed by atoms with Gasteiger partial charge in [-0.3, -0.25) is 0 Å². The van der Waals surface area contributed by atoms with Gasteiger partial charge in [0.05, 0.1) is 0 Å². The molecule has 0 aliphatic carbocycles. The van der Waals surface area contributed by atoms with Crippen LogP contribution in [0, 0.1) is 34.6 Å². The molecule has 0 aliphatic rings. The predicted octanol–water partition coefficient (Wildman–Crippen LogP) is 6.96. The molecule has 0 saturated carbocycles. The Morgan fingerprint density at radius 3 is 1.52 bits per heavy atom. The molecule has 0 atom stereocenters. The van der Waals surface area contributed by atoms with Crippen molar-refractivity contribution < 1.29 is 0 Å². The van der Waals surface area contributed by atoms with E-state index in [1.165, 1.54) is 46.6 Å². The maximum atomic E-state index is 2.35. The van der Waals surface area contributed by atoms with Crippen molar-refractivity contribution in [2.75, 3.05) is 0 Å². The van der Waals surface area contributed by atoms with E-state index in [2.05, 4.69) is 55.4 Å². The Morgan fingerprint density at radius 1 is 0.619 bits per heavy atom. The van der Waals surface area contributed by atoms with E-state index in [0.717, 1.165) is 0 Å². The van der Waals surface area contributed by atoms with E-state index in [9.17, 15) is 0 Å². The molecule has 2 aromatic heterocycles. The predicted molar refractivity (Wildman–Crippen MR) is 99.6 cm³/mol. The third-order valence-corrected chi connectivity index (χ3v) is 7.26. The third-order valence-electron chi connectivity index (χ3n) is 4.71. The highest BCUT2D eigenvalue weighted by Crippen LogP contribution is 2.48. The summed E-state index contributed by atoms with van der Waals surface area (Å²) < 4.78 is 3.02. The third kappa shape index (κ3) is 1.99. The molecule has 0 saturated heterocycles. The van der Waals surface area contributed by atoms with Crippen molar-refractivity contribution in [2.45, 2.75) is 60.8 Å². The average molecular weight is 317 g/mol. The zero-order chi connectivity index (χ0) is 15.7. The lowest BCUT2D eigenvalue weighted by molar-refractivity contribution is 0.594. The summed E-state index contributed by atoms with van der Waals surface area (Å²) in [6.45, 7) is 18.5. The first kappa shape index (κ1) is 15.1. The normalized spacial score (nSPS) is 12.8. The van der Waals surface area contributed by atoms with Crippen molar-refractivity contribution in [3.8, 4) is 0 Å². The van der Waals surface area contributed by atoms with Gasteiger partial charge < -0.3 is 0 Å². The van der Waals surface area contributed by atoms with Crippen LogP contribution in [-0.4, -0.2) is 0 Å². The Bertz CT molecular complexity index is 867. The smallest absolute Gasteiger partial charge is 0.0395 e. The molecule has 0 radical (unpaired) electrons. The summed E-state index contributed by atoms with van der Waals surface area (Å²) in [5, 5.41) is 3.03. The highest BCUT2D eigenvalue weighted by atomic mass is 32.1. The van der Waals surface area contributed by atoms with E-state index >= 15 is 0 Å². The van der Waals surface area contributed by atoms with Crippen LogP contribution in [0.3, 0.4) is 0 Å². The maximum absolute atomic E-state index is 2.35. The molecule has 21 heavy (non-hydrogen) atoms. The molecule has 112 valence electrons. The quantitative estimate of drug-likeness (QED) is 0.420. The van der Waals surface area contributed by atoms with E-state index in [4.69, 9.17) is 0 Å². The van der Waals surface area contributed by atoms with Gasteiger partial charge in [0.1, 0.15) is 0 Å². The number of hydrogen-bond donors (Lipinski definition) is 0. The Balaban J connectivity index is 2.71. The number of aryl methyl sites for hydroxylation is 5. The number of rotatable bonds is 0. The Labute approximate surface area is 135 Å². The number of fused-ring (bicyclic) bond motifs is 3. The summed E-state index contributed by atoms with van der Waals surface area (Å²) in [6, 6.07) is 0. The lowest BCUT2D eigenvalue weighted by Gasteiger charge is -2.23. The van der Waals surface area contributed by atoms with Crippen LogP contribution in [0.4, 0.5) is 0 Å². The molecule has 2 heterocycles. The summed E-state index contributed by atoms with van der Waals surface area (Å²) in [6.07, 6.45) is 0. The van der Waals surface area contributed by atoms with Gasteiger partial charge >= 0.3 is 0 Å². The molecule has 3 aromatic rings. The van der Waals surface area contributed by atoms with Crippen LogP contribution >= 0.6 is 22.7 Å². The van der Waals surface area contributed by atoms with Gasteiger partial charge in [0.2, 0.25) is 0 Å². The van der Waals surface area contributed by atoms with Crippen molar-refractivity contribution >= 4 is 42.8 Å². The van der Waals surface area contributed by atoms with E-state index in [1.807, 2.05) is 22.7 Å². The molecule has 0 amide bonds. The van der Waals surface area contributed by atoms with Crippen LogP contribution in [0.2, 0.25) is 0 Å². The summed E-state index contributed by atoms with van der Waals surface area (Å²) in [5.41, 5.74) is 6.18. The lowest BCUT2D eigenvalue weighted by Crippen LogP contribution is -2.13. The first-order valence-electron chi connectivity index (χ1n) is 7.57. The number of thiophene rings is 2. The highest BCUT2D eigenvalue weighted by molar-refractivity contribution is 7.21. The molecule has 0 unspecified atom stereocenters. The SMILES string of the molecule is Cc1sc2c(C)c(C(C)(C)C)c3sc(C)c(C)c3c2c1C. The summed E-state index contributed by atoms with van der Waals surface area (Å²) in [7, 11) is 0. The Morgan fingerprint density at radius 2 is 1.05 bits per heavy atom. The summed E-state index contributed by atoms with van der Waals surface area (Å²) in [5.74, 6) is 0. The monoisotopic (exact) mass is 316 g/mol. The molecule has 0 nitrogen and oxygen atoms in total.